The molecule has 0 bridgehead atoms. The van der Waals surface area contributed by atoms with E-state index in [1.807, 2.05) is 30.3 Å². The molecule has 0 spiro atoms. The van der Waals surface area contributed by atoms with Gasteiger partial charge in [0.1, 0.15) is 30.5 Å². The third-order valence-electron chi connectivity index (χ3n) is 4.21. The Hall–Kier alpha value is -1.54. The lowest BCUT2D eigenvalue weighted by atomic mass is 9.92. The zero-order valence-corrected chi connectivity index (χ0v) is 13.2. The lowest BCUT2D eigenvalue weighted by Gasteiger charge is -2.40. The summed E-state index contributed by atoms with van der Waals surface area (Å²) in [6.07, 6.45) is -0.447. The van der Waals surface area contributed by atoms with Crippen LogP contribution in [0, 0.1) is 0 Å². The fraction of sp³-hybridized carbons (Fsp3) is 0.444. The van der Waals surface area contributed by atoms with E-state index in [0.29, 0.717) is 0 Å². The van der Waals surface area contributed by atoms with Crippen LogP contribution in [0.3, 0.4) is 0 Å². The molecule has 3 N–H and O–H groups in total. The number of benzene rings is 1. The molecule has 0 aromatic heterocycles. The molecule has 0 amide bonds. The fourth-order valence-electron chi connectivity index (χ4n) is 2.96. The van der Waals surface area contributed by atoms with Gasteiger partial charge in [0, 0.05) is 0 Å². The first-order chi connectivity index (χ1) is 11.6. The molecular formula is C18H22O6. The highest BCUT2D eigenvalue weighted by molar-refractivity contribution is 5.58. The maximum Gasteiger partial charge on any atom is 0.186 e. The van der Waals surface area contributed by atoms with E-state index >= 15 is 0 Å². The van der Waals surface area contributed by atoms with Gasteiger partial charge in [0.25, 0.3) is 0 Å². The summed E-state index contributed by atoms with van der Waals surface area (Å²) in [6.45, 7) is 3.73. The molecule has 6 heteroatoms. The van der Waals surface area contributed by atoms with Crippen LogP contribution in [-0.4, -0.2) is 59.2 Å². The normalized spacial score (nSPS) is 35.5. The van der Waals surface area contributed by atoms with Gasteiger partial charge in [0.05, 0.1) is 13.2 Å². The maximum absolute atomic E-state index is 10.5. The summed E-state index contributed by atoms with van der Waals surface area (Å²) < 4.78 is 16.4. The van der Waals surface area contributed by atoms with Crippen LogP contribution < -0.4 is 0 Å². The number of fused-ring (bicyclic) bond motifs is 1. The predicted octanol–water partition coefficient (Wildman–Crippen LogP) is 0.781. The van der Waals surface area contributed by atoms with Crippen molar-refractivity contribution in [2.75, 3.05) is 13.2 Å². The minimum atomic E-state index is -1.17. The summed E-state index contributed by atoms with van der Waals surface area (Å²) in [5, 5.41) is 31.0. The number of hydrogen-bond donors (Lipinski definition) is 3. The van der Waals surface area contributed by atoms with Crippen LogP contribution in [0.2, 0.25) is 0 Å². The Balaban J connectivity index is 1.71. The van der Waals surface area contributed by atoms with Gasteiger partial charge >= 0.3 is 0 Å². The molecule has 1 aliphatic heterocycles. The van der Waals surface area contributed by atoms with Crippen LogP contribution in [0.5, 0.6) is 0 Å². The summed E-state index contributed by atoms with van der Waals surface area (Å²) >= 11 is 0. The van der Waals surface area contributed by atoms with E-state index in [4.69, 9.17) is 14.2 Å². The monoisotopic (exact) mass is 334 g/mol. The zero-order chi connectivity index (χ0) is 17.1. The van der Waals surface area contributed by atoms with E-state index in [1.165, 1.54) is 0 Å². The molecule has 1 aliphatic carbocycles. The van der Waals surface area contributed by atoms with Crippen molar-refractivity contribution in [1.82, 2.24) is 0 Å². The second-order valence-corrected chi connectivity index (χ2v) is 5.88. The molecular weight excluding hydrogens is 312 g/mol. The minimum absolute atomic E-state index is 0.0212. The van der Waals surface area contributed by atoms with E-state index in [9.17, 15) is 15.3 Å². The number of aliphatic hydroxyl groups is 3. The topological polar surface area (TPSA) is 88.4 Å². The zero-order valence-electron chi connectivity index (χ0n) is 13.2. The highest BCUT2D eigenvalue weighted by Crippen LogP contribution is 2.32. The molecule has 1 saturated heterocycles. The fourth-order valence-corrected chi connectivity index (χ4v) is 2.96. The average Bonchev–Trinajstić information content (AvgIpc) is 2.60. The number of hydrogen-bond acceptors (Lipinski definition) is 6. The Labute approximate surface area is 140 Å². The average molecular weight is 334 g/mol. The van der Waals surface area contributed by atoms with E-state index < -0.39 is 36.8 Å². The lowest BCUT2D eigenvalue weighted by molar-refractivity contribution is -0.282. The summed E-state index contributed by atoms with van der Waals surface area (Å²) in [6, 6.07) is 7.47. The van der Waals surface area contributed by atoms with Gasteiger partial charge in [-0.2, -0.15) is 0 Å². The SMILES string of the molecule is C=CCO[C@@H]1OC[C@@H](O)[C@@H](O[C@H]2C=Cc3ccccc3[C@@H]2O)[C@@H]1O. The second kappa shape index (κ2) is 7.57. The first kappa shape index (κ1) is 17.3. The highest BCUT2D eigenvalue weighted by atomic mass is 16.7. The van der Waals surface area contributed by atoms with Crippen LogP contribution in [-0.2, 0) is 14.2 Å². The molecule has 6 nitrogen and oxygen atoms in total. The standard InChI is InChI=1S/C18H22O6/c1-2-9-22-18-16(21)17(13(19)10-23-18)24-14-8-7-11-5-3-4-6-12(11)15(14)20/h2-8,13-21H,1,9-10H2/t13-,14+,15+,16+,17-,18-/m1/s1. The van der Waals surface area contributed by atoms with Crippen LogP contribution in [0.4, 0.5) is 0 Å². The Morgan fingerprint density at radius 2 is 2.04 bits per heavy atom. The van der Waals surface area contributed by atoms with Crippen LogP contribution in [0.25, 0.3) is 6.08 Å². The first-order valence-corrected chi connectivity index (χ1v) is 7.92. The molecule has 0 saturated carbocycles. The molecule has 1 aromatic carbocycles. The largest absolute Gasteiger partial charge is 0.388 e. The Kier molecular flexibility index (Phi) is 5.45. The van der Waals surface area contributed by atoms with Gasteiger partial charge in [-0.25, -0.2) is 0 Å². The van der Waals surface area contributed by atoms with Crippen molar-refractivity contribution in [3.05, 3.63) is 54.1 Å². The third kappa shape index (κ3) is 3.44. The lowest BCUT2D eigenvalue weighted by Crippen LogP contribution is -2.56. The highest BCUT2D eigenvalue weighted by Gasteiger charge is 2.42. The van der Waals surface area contributed by atoms with Gasteiger partial charge in [0.15, 0.2) is 6.29 Å². The second-order valence-electron chi connectivity index (χ2n) is 5.88. The van der Waals surface area contributed by atoms with Crippen molar-refractivity contribution in [1.29, 1.82) is 0 Å². The smallest absolute Gasteiger partial charge is 0.186 e. The van der Waals surface area contributed by atoms with E-state index in [0.717, 1.165) is 11.1 Å². The van der Waals surface area contributed by atoms with E-state index in [2.05, 4.69) is 6.58 Å². The van der Waals surface area contributed by atoms with Crippen LogP contribution in [0.15, 0.2) is 43.0 Å². The summed E-state index contributed by atoms with van der Waals surface area (Å²) in [4.78, 5) is 0. The van der Waals surface area contributed by atoms with Crippen LogP contribution in [0.1, 0.15) is 17.2 Å². The van der Waals surface area contributed by atoms with Crippen molar-refractivity contribution >= 4 is 6.08 Å². The molecule has 1 heterocycles. The molecule has 2 aliphatic rings. The summed E-state index contributed by atoms with van der Waals surface area (Å²) in [7, 11) is 0. The Morgan fingerprint density at radius 3 is 2.83 bits per heavy atom. The van der Waals surface area contributed by atoms with Gasteiger partial charge in [-0.05, 0) is 11.1 Å². The Bertz CT molecular complexity index is 601. The first-order valence-electron chi connectivity index (χ1n) is 7.92. The molecule has 1 fully saturated rings. The molecule has 6 atom stereocenters. The van der Waals surface area contributed by atoms with Gasteiger partial charge in [-0.3, -0.25) is 0 Å². The molecule has 130 valence electrons. The van der Waals surface area contributed by atoms with E-state index in [-0.39, 0.29) is 13.2 Å². The van der Waals surface area contributed by atoms with Crippen molar-refractivity contribution in [3.63, 3.8) is 0 Å². The quantitative estimate of drug-likeness (QED) is 0.690. The van der Waals surface area contributed by atoms with Gasteiger partial charge in [-0.1, -0.05) is 42.5 Å². The predicted molar refractivity (Wildman–Crippen MR) is 87.0 cm³/mol. The molecule has 24 heavy (non-hydrogen) atoms. The molecule has 0 unspecified atom stereocenters. The van der Waals surface area contributed by atoms with Crippen molar-refractivity contribution in [3.8, 4) is 0 Å². The Morgan fingerprint density at radius 1 is 1.25 bits per heavy atom. The van der Waals surface area contributed by atoms with Gasteiger partial charge < -0.3 is 29.5 Å². The van der Waals surface area contributed by atoms with Gasteiger partial charge in [0.2, 0.25) is 0 Å². The molecule has 0 radical (unpaired) electrons. The van der Waals surface area contributed by atoms with Crippen molar-refractivity contribution in [2.45, 2.75) is 36.8 Å². The number of ether oxygens (including phenoxy) is 3. The number of aliphatic hydroxyl groups excluding tert-OH is 3. The van der Waals surface area contributed by atoms with Gasteiger partial charge in [-0.15, -0.1) is 6.58 Å². The minimum Gasteiger partial charge on any atom is -0.388 e. The van der Waals surface area contributed by atoms with Crippen molar-refractivity contribution < 1.29 is 29.5 Å². The van der Waals surface area contributed by atoms with Crippen molar-refractivity contribution in [2.24, 2.45) is 0 Å². The summed E-state index contributed by atoms with van der Waals surface area (Å²) in [5.74, 6) is 0. The maximum atomic E-state index is 10.5. The number of rotatable bonds is 5. The third-order valence-corrected chi connectivity index (χ3v) is 4.21. The van der Waals surface area contributed by atoms with E-state index in [1.54, 1.807) is 12.2 Å². The molecule has 1 aromatic rings. The van der Waals surface area contributed by atoms with Crippen LogP contribution >= 0.6 is 0 Å². The summed E-state index contributed by atoms with van der Waals surface area (Å²) in [5.41, 5.74) is 1.67. The molecule has 3 rings (SSSR count).